The molecule has 84 valence electrons. The summed E-state index contributed by atoms with van der Waals surface area (Å²) in [5.41, 5.74) is 6.18. The molecule has 3 nitrogen and oxygen atoms in total. The maximum absolute atomic E-state index is 5.54. The van der Waals surface area contributed by atoms with Crippen molar-refractivity contribution in [1.82, 2.24) is 5.32 Å². The number of rotatable bonds is 8. The maximum Gasteiger partial charge on any atom is 0.0705 e. The summed E-state index contributed by atoms with van der Waals surface area (Å²) in [7, 11) is 1.73. The van der Waals surface area contributed by atoms with Crippen LogP contribution >= 0.6 is 0 Å². The summed E-state index contributed by atoms with van der Waals surface area (Å²) in [6.07, 6.45) is 5.36. The Morgan fingerprint density at radius 1 is 1.50 bits per heavy atom. The molecule has 1 unspecified atom stereocenters. The molecule has 0 amide bonds. The number of nitrogens with one attached hydrogen (secondary N) is 1. The van der Waals surface area contributed by atoms with Crippen molar-refractivity contribution in [2.24, 2.45) is 11.1 Å². The summed E-state index contributed by atoms with van der Waals surface area (Å²) in [5.74, 6) is 0. The third-order valence-electron chi connectivity index (χ3n) is 3.45. The highest BCUT2D eigenvalue weighted by Gasteiger charge is 2.39. The van der Waals surface area contributed by atoms with E-state index in [0.29, 0.717) is 12.0 Å². The summed E-state index contributed by atoms with van der Waals surface area (Å²) < 4.78 is 5.21. The largest absolute Gasteiger partial charge is 0.380 e. The highest BCUT2D eigenvalue weighted by molar-refractivity contribution is 4.93. The first kappa shape index (κ1) is 12.0. The number of nitrogens with two attached hydrogens (primary N) is 1. The molecule has 3 heteroatoms. The van der Waals surface area contributed by atoms with E-state index >= 15 is 0 Å². The third-order valence-corrected chi connectivity index (χ3v) is 3.45. The van der Waals surface area contributed by atoms with Crippen molar-refractivity contribution in [3.05, 3.63) is 0 Å². The Labute approximate surface area is 87.4 Å². The number of ether oxygens (including phenoxy) is 1. The van der Waals surface area contributed by atoms with Crippen molar-refractivity contribution < 1.29 is 4.74 Å². The zero-order valence-electron chi connectivity index (χ0n) is 9.51. The molecule has 1 aliphatic rings. The first-order valence-corrected chi connectivity index (χ1v) is 5.70. The van der Waals surface area contributed by atoms with Crippen LogP contribution in [0.1, 0.15) is 32.6 Å². The lowest BCUT2D eigenvalue weighted by atomic mass is 10.0. The molecule has 0 aromatic carbocycles. The average Bonchev–Trinajstić information content (AvgIpc) is 2.99. The van der Waals surface area contributed by atoms with Crippen LogP contribution in [0.3, 0.4) is 0 Å². The molecule has 1 atom stereocenters. The van der Waals surface area contributed by atoms with Gasteiger partial charge in [0.1, 0.15) is 0 Å². The van der Waals surface area contributed by atoms with Crippen LogP contribution < -0.4 is 11.1 Å². The first-order chi connectivity index (χ1) is 6.76. The third kappa shape index (κ3) is 3.56. The molecule has 0 spiro atoms. The van der Waals surface area contributed by atoms with Crippen LogP contribution in [0.2, 0.25) is 0 Å². The van der Waals surface area contributed by atoms with Gasteiger partial charge < -0.3 is 15.8 Å². The molecule has 0 aromatic heterocycles. The predicted molar refractivity (Wildman–Crippen MR) is 59.3 cm³/mol. The van der Waals surface area contributed by atoms with E-state index < -0.39 is 0 Å². The van der Waals surface area contributed by atoms with E-state index in [4.69, 9.17) is 10.5 Å². The van der Waals surface area contributed by atoms with Crippen LogP contribution in [0.25, 0.3) is 0 Å². The van der Waals surface area contributed by atoms with Crippen LogP contribution in [-0.4, -0.2) is 32.8 Å². The smallest absolute Gasteiger partial charge is 0.0705 e. The lowest BCUT2D eigenvalue weighted by Gasteiger charge is -2.16. The molecule has 1 saturated carbocycles. The van der Waals surface area contributed by atoms with Gasteiger partial charge >= 0.3 is 0 Å². The van der Waals surface area contributed by atoms with Crippen LogP contribution in [0.4, 0.5) is 0 Å². The molecular formula is C11H24N2O. The van der Waals surface area contributed by atoms with Gasteiger partial charge in [0.15, 0.2) is 0 Å². The van der Waals surface area contributed by atoms with Crippen LogP contribution in [0, 0.1) is 5.41 Å². The van der Waals surface area contributed by atoms with E-state index in [1.54, 1.807) is 7.11 Å². The van der Waals surface area contributed by atoms with Crippen molar-refractivity contribution >= 4 is 0 Å². The van der Waals surface area contributed by atoms with Gasteiger partial charge in [0, 0.05) is 20.2 Å². The van der Waals surface area contributed by atoms with E-state index in [1.807, 2.05) is 0 Å². The number of hydrogen-bond acceptors (Lipinski definition) is 3. The predicted octanol–water partition coefficient (Wildman–Crippen LogP) is 1.13. The van der Waals surface area contributed by atoms with Gasteiger partial charge in [-0.2, -0.15) is 0 Å². The molecule has 0 aromatic rings. The first-order valence-electron chi connectivity index (χ1n) is 5.70. The number of hydrogen-bond donors (Lipinski definition) is 2. The van der Waals surface area contributed by atoms with E-state index in [2.05, 4.69) is 12.2 Å². The number of methoxy groups -OCH3 is 1. The lowest BCUT2D eigenvalue weighted by molar-refractivity contribution is 0.102. The zero-order valence-corrected chi connectivity index (χ0v) is 9.51. The molecule has 3 N–H and O–H groups in total. The van der Waals surface area contributed by atoms with Crippen molar-refractivity contribution in [2.75, 3.05) is 26.7 Å². The summed E-state index contributed by atoms with van der Waals surface area (Å²) in [6.45, 7) is 5.10. The fourth-order valence-electron chi connectivity index (χ4n) is 1.78. The molecular weight excluding hydrogens is 176 g/mol. The second kappa shape index (κ2) is 5.69. The summed E-state index contributed by atoms with van der Waals surface area (Å²) >= 11 is 0. The van der Waals surface area contributed by atoms with Crippen LogP contribution in [0.15, 0.2) is 0 Å². The zero-order chi connectivity index (χ0) is 10.4. The Balaban J connectivity index is 1.99. The van der Waals surface area contributed by atoms with Gasteiger partial charge in [0.25, 0.3) is 0 Å². The molecule has 14 heavy (non-hydrogen) atoms. The minimum Gasteiger partial charge on any atom is -0.380 e. The standard InChI is InChI=1S/C11H24N2O/c1-3-11(5-6-11)9-13-7-4-10(8-12)14-2/h10,13H,3-9,12H2,1-2H3. The van der Waals surface area contributed by atoms with Crippen molar-refractivity contribution in [3.63, 3.8) is 0 Å². The van der Waals surface area contributed by atoms with Gasteiger partial charge in [-0.15, -0.1) is 0 Å². The SMILES string of the molecule is CCC1(CNCCC(CN)OC)CC1. The minimum absolute atomic E-state index is 0.222. The van der Waals surface area contributed by atoms with E-state index in [1.165, 1.54) is 25.8 Å². The second-order valence-electron chi connectivity index (χ2n) is 4.41. The molecule has 0 bridgehead atoms. The van der Waals surface area contributed by atoms with Crippen LogP contribution in [0.5, 0.6) is 0 Å². The minimum atomic E-state index is 0.222. The molecule has 0 saturated heterocycles. The van der Waals surface area contributed by atoms with Crippen molar-refractivity contribution in [1.29, 1.82) is 0 Å². The van der Waals surface area contributed by atoms with E-state index in [-0.39, 0.29) is 6.10 Å². The topological polar surface area (TPSA) is 47.3 Å². The Hall–Kier alpha value is -0.120. The monoisotopic (exact) mass is 200 g/mol. The van der Waals surface area contributed by atoms with Gasteiger partial charge in [-0.1, -0.05) is 6.92 Å². The molecule has 0 aliphatic heterocycles. The van der Waals surface area contributed by atoms with Gasteiger partial charge in [-0.3, -0.25) is 0 Å². The Morgan fingerprint density at radius 3 is 2.64 bits per heavy atom. The average molecular weight is 200 g/mol. The quantitative estimate of drug-likeness (QED) is 0.577. The van der Waals surface area contributed by atoms with Gasteiger partial charge in [0.05, 0.1) is 6.10 Å². The molecule has 1 rings (SSSR count). The second-order valence-corrected chi connectivity index (χ2v) is 4.41. The fourth-order valence-corrected chi connectivity index (χ4v) is 1.78. The van der Waals surface area contributed by atoms with E-state index in [0.717, 1.165) is 13.0 Å². The Bertz CT molecular complexity index is 153. The summed E-state index contributed by atoms with van der Waals surface area (Å²) in [6, 6.07) is 0. The van der Waals surface area contributed by atoms with Crippen LogP contribution in [-0.2, 0) is 4.74 Å². The Morgan fingerprint density at radius 2 is 2.21 bits per heavy atom. The van der Waals surface area contributed by atoms with Gasteiger partial charge in [0.2, 0.25) is 0 Å². The Kier molecular flexibility index (Phi) is 4.85. The molecule has 0 heterocycles. The molecule has 1 fully saturated rings. The normalized spacial score (nSPS) is 20.8. The van der Waals surface area contributed by atoms with Gasteiger partial charge in [-0.25, -0.2) is 0 Å². The highest BCUT2D eigenvalue weighted by Crippen LogP contribution is 2.47. The van der Waals surface area contributed by atoms with Crippen molar-refractivity contribution in [2.45, 2.75) is 38.7 Å². The molecule has 0 radical (unpaired) electrons. The maximum atomic E-state index is 5.54. The summed E-state index contributed by atoms with van der Waals surface area (Å²) in [4.78, 5) is 0. The van der Waals surface area contributed by atoms with Gasteiger partial charge in [-0.05, 0) is 37.6 Å². The van der Waals surface area contributed by atoms with E-state index in [9.17, 15) is 0 Å². The summed E-state index contributed by atoms with van der Waals surface area (Å²) in [5, 5.41) is 3.50. The lowest BCUT2D eigenvalue weighted by Crippen LogP contribution is -2.30. The van der Waals surface area contributed by atoms with Crippen molar-refractivity contribution in [3.8, 4) is 0 Å². The molecule has 1 aliphatic carbocycles. The fraction of sp³-hybridized carbons (Fsp3) is 1.00. The highest BCUT2D eigenvalue weighted by atomic mass is 16.5.